The molecule has 0 bridgehead atoms. The summed E-state index contributed by atoms with van der Waals surface area (Å²) in [6, 6.07) is 9.71. The minimum atomic E-state index is 0. The Labute approximate surface area is 164 Å². The van der Waals surface area contributed by atoms with Crippen molar-refractivity contribution in [2.24, 2.45) is 4.99 Å². The Hall–Kier alpha value is -1.48. The Kier molecular flexibility index (Phi) is 10.3. The van der Waals surface area contributed by atoms with Gasteiger partial charge in [0.1, 0.15) is 11.5 Å². The van der Waals surface area contributed by atoms with Crippen LogP contribution in [0.15, 0.2) is 46.1 Å². The second kappa shape index (κ2) is 12.0. The highest BCUT2D eigenvalue weighted by Gasteiger charge is 1.99. The molecule has 1 aromatic carbocycles. The summed E-state index contributed by atoms with van der Waals surface area (Å²) in [5.41, 5.74) is 1.26. The van der Waals surface area contributed by atoms with Gasteiger partial charge in [-0.15, -0.1) is 24.0 Å². The molecule has 2 N–H and O–H groups in total. The van der Waals surface area contributed by atoms with Gasteiger partial charge in [0.15, 0.2) is 5.96 Å². The Balaban J connectivity index is 0.00000288. The number of rotatable bonds is 8. The summed E-state index contributed by atoms with van der Waals surface area (Å²) in [5, 5.41) is 10.8. The van der Waals surface area contributed by atoms with Gasteiger partial charge in [-0.3, -0.25) is 4.99 Å². The Morgan fingerprint density at radius 2 is 1.88 bits per heavy atom. The number of hydrogen-bond donors (Lipinski definition) is 2. The first-order valence-corrected chi connectivity index (χ1v) is 8.48. The first-order chi connectivity index (χ1) is 11.3. The zero-order chi connectivity index (χ0) is 16.3. The van der Waals surface area contributed by atoms with E-state index in [9.17, 15) is 0 Å². The number of halogens is 1. The topological polar surface area (TPSA) is 54.9 Å². The monoisotopic (exact) mass is 461 g/mol. The molecule has 1 heterocycles. The average Bonchev–Trinajstić information content (AvgIpc) is 3.11. The Bertz CT molecular complexity index is 588. The first kappa shape index (κ1) is 20.6. The molecule has 0 aliphatic carbocycles. The zero-order valence-electron chi connectivity index (χ0n) is 14.0. The van der Waals surface area contributed by atoms with Crippen molar-refractivity contribution in [1.29, 1.82) is 0 Å². The summed E-state index contributed by atoms with van der Waals surface area (Å²) in [7, 11) is 3.43. The summed E-state index contributed by atoms with van der Waals surface area (Å²) in [6.07, 6.45) is 0.894. The summed E-state index contributed by atoms with van der Waals surface area (Å²) in [6.45, 7) is 2.24. The molecule has 7 heteroatoms. The lowest BCUT2D eigenvalue weighted by atomic mass is 10.3. The molecule has 0 aliphatic heterocycles. The third kappa shape index (κ3) is 7.39. The van der Waals surface area contributed by atoms with E-state index in [1.54, 1.807) is 25.5 Å². The molecule has 0 spiro atoms. The van der Waals surface area contributed by atoms with Gasteiger partial charge in [-0.2, -0.15) is 11.3 Å². The molecular weight excluding hydrogens is 437 g/mol. The number of nitrogens with zero attached hydrogens (tertiary/aromatic N) is 1. The Morgan fingerprint density at radius 1 is 1.12 bits per heavy atom. The predicted octanol–water partition coefficient (Wildman–Crippen LogP) is 3.51. The van der Waals surface area contributed by atoms with Crippen molar-refractivity contribution >= 4 is 41.3 Å². The van der Waals surface area contributed by atoms with Gasteiger partial charge in [-0.25, -0.2) is 0 Å². The first-order valence-electron chi connectivity index (χ1n) is 7.54. The van der Waals surface area contributed by atoms with Gasteiger partial charge < -0.3 is 20.1 Å². The normalized spacial score (nSPS) is 10.7. The average molecular weight is 461 g/mol. The summed E-state index contributed by atoms with van der Waals surface area (Å²) < 4.78 is 10.8. The van der Waals surface area contributed by atoms with E-state index >= 15 is 0 Å². The Morgan fingerprint density at radius 3 is 2.50 bits per heavy atom. The van der Waals surface area contributed by atoms with Gasteiger partial charge in [0, 0.05) is 20.1 Å². The van der Waals surface area contributed by atoms with Crippen LogP contribution in [0.25, 0.3) is 0 Å². The van der Waals surface area contributed by atoms with E-state index in [2.05, 4.69) is 32.5 Å². The van der Waals surface area contributed by atoms with Crippen LogP contribution < -0.4 is 20.1 Å². The third-order valence-corrected chi connectivity index (χ3v) is 3.94. The maximum Gasteiger partial charge on any atom is 0.191 e. The van der Waals surface area contributed by atoms with Gasteiger partial charge in [0.25, 0.3) is 0 Å². The fourth-order valence-electron chi connectivity index (χ4n) is 1.94. The lowest BCUT2D eigenvalue weighted by molar-refractivity contribution is 0.310. The van der Waals surface area contributed by atoms with Gasteiger partial charge in [0.05, 0.1) is 13.7 Å². The predicted molar refractivity (Wildman–Crippen MR) is 111 cm³/mol. The van der Waals surface area contributed by atoms with Crippen molar-refractivity contribution < 1.29 is 9.47 Å². The maximum atomic E-state index is 5.69. The highest BCUT2D eigenvalue weighted by atomic mass is 127. The van der Waals surface area contributed by atoms with Crippen molar-refractivity contribution in [3.8, 4) is 11.5 Å². The molecule has 0 amide bonds. The number of thiophene rings is 1. The molecule has 24 heavy (non-hydrogen) atoms. The molecule has 5 nitrogen and oxygen atoms in total. The highest BCUT2D eigenvalue weighted by molar-refractivity contribution is 14.0. The highest BCUT2D eigenvalue weighted by Crippen LogP contribution is 2.16. The molecule has 0 unspecified atom stereocenters. The zero-order valence-corrected chi connectivity index (χ0v) is 17.1. The molecule has 0 atom stereocenters. The second-order valence-corrected chi connectivity index (χ2v) is 5.64. The van der Waals surface area contributed by atoms with Gasteiger partial charge in [0.2, 0.25) is 0 Å². The van der Waals surface area contributed by atoms with Crippen LogP contribution in [-0.4, -0.2) is 33.3 Å². The number of guanidine groups is 1. The number of ether oxygens (including phenoxy) is 2. The summed E-state index contributed by atoms with van der Waals surface area (Å²) in [4.78, 5) is 4.21. The molecule has 0 saturated heterocycles. The SMILES string of the molecule is CN=C(NCCCOc1ccc(OC)cc1)NCc1ccsc1.I. The quantitative estimate of drug-likeness (QED) is 0.274. The summed E-state index contributed by atoms with van der Waals surface area (Å²) in [5.74, 6) is 2.49. The minimum Gasteiger partial charge on any atom is -0.497 e. The molecule has 0 fully saturated rings. The van der Waals surface area contributed by atoms with Crippen LogP contribution in [0.5, 0.6) is 11.5 Å². The van der Waals surface area contributed by atoms with Crippen LogP contribution in [0.1, 0.15) is 12.0 Å². The number of hydrogen-bond acceptors (Lipinski definition) is 4. The van der Waals surface area contributed by atoms with E-state index in [0.29, 0.717) is 6.61 Å². The van der Waals surface area contributed by atoms with Crippen LogP contribution >= 0.6 is 35.3 Å². The van der Waals surface area contributed by atoms with Crippen LogP contribution in [-0.2, 0) is 6.54 Å². The molecule has 2 aromatic rings. The van der Waals surface area contributed by atoms with Crippen molar-refractivity contribution in [3.05, 3.63) is 46.7 Å². The molecular formula is C17H24IN3O2S. The molecule has 1 aromatic heterocycles. The number of benzene rings is 1. The van der Waals surface area contributed by atoms with E-state index in [1.807, 2.05) is 24.3 Å². The number of nitrogens with one attached hydrogen (secondary N) is 2. The van der Waals surface area contributed by atoms with Gasteiger partial charge >= 0.3 is 0 Å². The molecule has 0 radical (unpaired) electrons. The van der Waals surface area contributed by atoms with Crippen molar-refractivity contribution in [2.75, 3.05) is 27.3 Å². The molecule has 0 aliphatic rings. The van der Waals surface area contributed by atoms with Crippen LogP contribution in [0.4, 0.5) is 0 Å². The van der Waals surface area contributed by atoms with Crippen LogP contribution in [0.3, 0.4) is 0 Å². The third-order valence-electron chi connectivity index (χ3n) is 3.21. The minimum absolute atomic E-state index is 0. The number of methoxy groups -OCH3 is 1. The molecule has 2 rings (SSSR count). The van der Waals surface area contributed by atoms with Gasteiger partial charge in [-0.1, -0.05) is 0 Å². The molecule has 0 saturated carbocycles. The van der Waals surface area contributed by atoms with E-state index in [-0.39, 0.29) is 24.0 Å². The smallest absolute Gasteiger partial charge is 0.191 e. The number of aliphatic imine (C=N–C) groups is 1. The van der Waals surface area contributed by atoms with Crippen LogP contribution in [0, 0.1) is 0 Å². The van der Waals surface area contributed by atoms with Crippen LogP contribution in [0.2, 0.25) is 0 Å². The van der Waals surface area contributed by atoms with Gasteiger partial charge in [-0.05, 0) is 53.1 Å². The fourth-order valence-corrected chi connectivity index (χ4v) is 2.61. The maximum absolute atomic E-state index is 5.69. The van der Waals surface area contributed by atoms with Crippen molar-refractivity contribution in [3.63, 3.8) is 0 Å². The standard InChI is InChI=1S/C17H23N3O2S.HI/c1-18-17(20-12-14-8-11-23-13-14)19-9-3-10-22-16-6-4-15(21-2)5-7-16;/h4-8,11,13H,3,9-10,12H2,1-2H3,(H2,18,19,20);1H. The fraction of sp³-hybridized carbons (Fsp3) is 0.353. The largest absolute Gasteiger partial charge is 0.497 e. The summed E-state index contributed by atoms with van der Waals surface area (Å²) >= 11 is 1.70. The van der Waals surface area contributed by atoms with E-state index < -0.39 is 0 Å². The molecule has 132 valence electrons. The van der Waals surface area contributed by atoms with E-state index in [1.165, 1.54) is 5.56 Å². The van der Waals surface area contributed by atoms with E-state index in [0.717, 1.165) is 37.0 Å². The van der Waals surface area contributed by atoms with Crippen molar-refractivity contribution in [1.82, 2.24) is 10.6 Å². The lowest BCUT2D eigenvalue weighted by Crippen LogP contribution is -2.37. The second-order valence-electron chi connectivity index (χ2n) is 4.86. The van der Waals surface area contributed by atoms with E-state index in [4.69, 9.17) is 9.47 Å². The van der Waals surface area contributed by atoms with Crippen molar-refractivity contribution in [2.45, 2.75) is 13.0 Å². The lowest BCUT2D eigenvalue weighted by Gasteiger charge is -2.12.